The van der Waals surface area contributed by atoms with Crippen LogP contribution in [0.3, 0.4) is 0 Å². The van der Waals surface area contributed by atoms with Gasteiger partial charge in [0.05, 0.1) is 19.8 Å². The fraction of sp³-hybridized carbons (Fsp3) is 0.906. The second kappa shape index (κ2) is 30.7. The molecule has 0 rings (SSSR count). The van der Waals surface area contributed by atoms with Gasteiger partial charge in [0.2, 0.25) is 0 Å². The predicted octanol–water partition coefficient (Wildman–Crippen LogP) is 8.80. The highest BCUT2D eigenvalue weighted by molar-refractivity contribution is 7.47. The molecular weight excluding hydrogens is 541 g/mol. The Bertz CT molecular complexity index is 648. The smallest absolute Gasteiger partial charge is 0.457 e. The van der Waals surface area contributed by atoms with E-state index in [9.17, 15) is 14.3 Å². The number of phosphoric ester groups is 1. The molecule has 244 valence electrons. The van der Waals surface area contributed by atoms with Gasteiger partial charge in [-0.05, 0) is 38.5 Å². The van der Waals surface area contributed by atoms with Crippen LogP contribution in [0.25, 0.3) is 0 Å². The summed E-state index contributed by atoms with van der Waals surface area (Å²) in [6, 6.07) is 0. The molecule has 2 atom stereocenters. The lowest BCUT2D eigenvalue weighted by atomic mass is 10.1. The molecule has 0 saturated carbocycles. The number of unbranched alkanes of at least 4 members (excludes halogenated alkanes) is 17. The summed E-state index contributed by atoms with van der Waals surface area (Å²) in [6.45, 7) is 4.78. The number of phosphoric acid groups is 1. The average molecular weight is 606 g/mol. The van der Waals surface area contributed by atoms with E-state index in [1.54, 1.807) is 0 Å². The third-order valence-corrected chi connectivity index (χ3v) is 7.92. The van der Waals surface area contributed by atoms with Crippen molar-refractivity contribution in [3.63, 3.8) is 0 Å². The summed E-state index contributed by atoms with van der Waals surface area (Å²) < 4.78 is 32.9. The van der Waals surface area contributed by atoms with Gasteiger partial charge in [0, 0.05) is 19.6 Å². The van der Waals surface area contributed by atoms with E-state index >= 15 is 0 Å². The molecule has 0 heterocycles. The first-order chi connectivity index (χ1) is 19.9. The molecule has 0 aromatic heterocycles. The van der Waals surface area contributed by atoms with Gasteiger partial charge >= 0.3 is 13.8 Å². The van der Waals surface area contributed by atoms with Gasteiger partial charge in [-0.1, -0.05) is 116 Å². The number of hydrogen-bond acceptors (Lipinski definition) is 7. The topological polar surface area (TPSA) is 117 Å². The van der Waals surface area contributed by atoms with Crippen molar-refractivity contribution in [2.24, 2.45) is 5.73 Å². The Morgan fingerprint density at radius 1 is 0.707 bits per heavy atom. The van der Waals surface area contributed by atoms with Crippen LogP contribution in [-0.2, 0) is 27.9 Å². The number of ether oxygens (including phenoxy) is 2. The van der Waals surface area contributed by atoms with Gasteiger partial charge in [0.15, 0.2) is 0 Å². The van der Waals surface area contributed by atoms with Gasteiger partial charge in [0.1, 0.15) is 6.10 Å². The second-order valence-corrected chi connectivity index (χ2v) is 12.5. The number of rotatable bonds is 32. The van der Waals surface area contributed by atoms with E-state index in [0.717, 1.165) is 38.5 Å². The average Bonchev–Trinajstić information content (AvgIpc) is 2.96. The van der Waals surface area contributed by atoms with Crippen LogP contribution in [-0.4, -0.2) is 49.9 Å². The molecule has 0 saturated heterocycles. The van der Waals surface area contributed by atoms with E-state index in [0.29, 0.717) is 13.0 Å². The van der Waals surface area contributed by atoms with E-state index in [2.05, 4.69) is 26.0 Å². The van der Waals surface area contributed by atoms with Crippen LogP contribution in [0.2, 0.25) is 0 Å². The van der Waals surface area contributed by atoms with Crippen LogP contribution in [0, 0.1) is 0 Å². The first-order valence-corrected chi connectivity index (χ1v) is 18.2. The Labute approximate surface area is 252 Å². The molecule has 3 N–H and O–H groups in total. The normalized spacial score (nSPS) is 14.0. The monoisotopic (exact) mass is 605 g/mol. The summed E-state index contributed by atoms with van der Waals surface area (Å²) in [7, 11) is -4.25. The Hall–Kier alpha value is -0.760. The zero-order chi connectivity index (χ0) is 30.3. The number of nitrogens with two attached hydrogens (primary N) is 1. The Kier molecular flexibility index (Phi) is 30.1. The van der Waals surface area contributed by atoms with Gasteiger partial charge in [-0.25, -0.2) is 4.57 Å². The van der Waals surface area contributed by atoms with Crippen molar-refractivity contribution in [1.82, 2.24) is 0 Å². The van der Waals surface area contributed by atoms with E-state index in [-0.39, 0.29) is 32.3 Å². The summed E-state index contributed by atoms with van der Waals surface area (Å²) in [5, 5.41) is 0. The van der Waals surface area contributed by atoms with E-state index in [4.69, 9.17) is 24.3 Å². The van der Waals surface area contributed by atoms with Gasteiger partial charge in [-0.2, -0.15) is 0 Å². The van der Waals surface area contributed by atoms with E-state index in [1.807, 2.05) is 0 Å². The van der Waals surface area contributed by atoms with Crippen molar-refractivity contribution >= 4 is 13.8 Å². The molecule has 41 heavy (non-hydrogen) atoms. The van der Waals surface area contributed by atoms with Crippen LogP contribution < -0.4 is 5.73 Å². The molecular formula is C32H64NO7P. The molecule has 9 heteroatoms. The number of carbonyl (C=O) groups excluding carboxylic acids is 1. The van der Waals surface area contributed by atoms with Crippen LogP contribution >= 0.6 is 7.82 Å². The summed E-state index contributed by atoms with van der Waals surface area (Å²) in [4.78, 5) is 21.9. The van der Waals surface area contributed by atoms with Crippen LogP contribution in [0.15, 0.2) is 12.2 Å². The molecule has 0 aromatic rings. The molecule has 0 fully saturated rings. The number of esters is 1. The molecule has 2 unspecified atom stereocenters. The van der Waals surface area contributed by atoms with Crippen molar-refractivity contribution in [2.75, 3.05) is 33.0 Å². The minimum Gasteiger partial charge on any atom is -0.457 e. The SMILES string of the molecule is CCCCCCCC/C=C\CCCCCCCCCCOCC(COP(=O)(O)OCCN)OC(=O)CCCCCC. The predicted molar refractivity (Wildman–Crippen MR) is 169 cm³/mol. The maximum absolute atomic E-state index is 12.2. The van der Waals surface area contributed by atoms with Crippen molar-refractivity contribution in [1.29, 1.82) is 0 Å². The molecule has 8 nitrogen and oxygen atoms in total. The minimum atomic E-state index is -4.25. The Morgan fingerprint density at radius 3 is 1.78 bits per heavy atom. The van der Waals surface area contributed by atoms with Crippen LogP contribution in [0.5, 0.6) is 0 Å². The summed E-state index contributed by atoms with van der Waals surface area (Å²) >= 11 is 0. The molecule has 0 amide bonds. The van der Waals surface area contributed by atoms with Gasteiger partial charge in [0.25, 0.3) is 0 Å². The lowest BCUT2D eigenvalue weighted by Crippen LogP contribution is -2.28. The van der Waals surface area contributed by atoms with Crippen molar-refractivity contribution in [3.8, 4) is 0 Å². The molecule has 0 aliphatic carbocycles. The molecule has 0 aromatic carbocycles. The fourth-order valence-electron chi connectivity index (χ4n) is 4.46. The molecule has 0 bridgehead atoms. The third kappa shape index (κ3) is 30.5. The van der Waals surface area contributed by atoms with Crippen molar-refractivity contribution < 1.29 is 32.8 Å². The molecule has 0 aliphatic heterocycles. The molecule has 0 spiro atoms. The molecule has 0 aliphatic rings. The number of allylic oxidation sites excluding steroid dienone is 2. The Morgan fingerprint density at radius 2 is 1.22 bits per heavy atom. The zero-order valence-electron chi connectivity index (χ0n) is 26.5. The maximum Gasteiger partial charge on any atom is 0.472 e. The van der Waals surface area contributed by atoms with Crippen molar-refractivity contribution in [2.45, 2.75) is 155 Å². The summed E-state index contributed by atoms with van der Waals surface area (Å²) in [5.41, 5.74) is 5.31. The van der Waals surface area contributed by atoms with E-state index < -0.39 is 13.9 Å². The highest BCUT2D eigenvalue weighted by Crippen LogP contribution is 2.43. The van der Waals surface area contributed by atoms with E-state index in [1.165, 1.54) is 89.9 Å². The first-order valence-electron chi connectivity index (χ1n) is 16.7. The highest BCUT2D eigenvalue weighted by atomic mass is 31.2. The van der Waals surface area contributed by atoms with Crippen molar-refractivity contribution in [3.05, 3.63) is 12.2 Å². The van der Waals surface area contributed by atoms with Gasteiger partial charge < -0.3 is 20.1 Å². The third-order valence-electron chi connectivity index (χ3n) is 6.93. The second-order valence-electron chi connectivity index (χ2n) is 11.0. The quantitative estimate of drug-likeness (QED) is 0.0338. The molecule has 0 radical (unpaired) electrons. The standard InChI is InChI=1S/C32H64NO7P/c1-3-5-7-9-10-11-12-13-14-15-16-17-18-19-20-21-22-24-27-37-29-31(30-39-41(35,36)38-28-26-33)40-32(34)25-23-8-6-4-2/h13-14,31H,3-12,15-30,33H2,1-2H3,(H,35,36)/b14-13-. The Balaban J connectivity index is 3.89. The van der Waals surface area contributed by atoms with Gasteiger partial charge in [-0.3, -0.25) is 13.8 Å². The lowest BCUT2D eigenvalue weighted by Gasteiger charge is -2.20. The zero-order valence-corrected chi connectivity index (χ0v) is 27.4. The minimum absolute atomic E-state index is 0.0944. The largest absolute Gasteiger partial charge is 0.472 e. The number of hydrogen-bond donors (Lipinski definition) is 2. The lowest BCUT2D eigenvalue weighted by molar-refractivity contribution is -0.154. The summed E-state index contributed by atoms with van der Waals surface area (Å²) in [6.07, 6.45) is 28.5. The van der Waals surface area contributed by atoms with Crippen LogP contribution in [0.4, 0.5) is 0 Å². The first kappa shape index (κ1) is 40.2. The highest BCUT2D eigenvalue weighted by Gasteiger charge is 2.25. The van der Waals surface area contributed by atoms with Gasteiger partial charge in [-0.15, -0.1) is 0 Å². The van der Waals surface area contributed by atoms with Crippen LogP contribution in [0.1, 0.15) is 149 Å². The summed E-state index contributed by atoms with van der Waals surface area (Å²) in [5.74, 6) is -0.349. The maximum atomic E-state index is 12.2. The number of carbonyl (C=O) groups is 1. The fourth-order valence-corrected chi connectivity index (χ4v) is 5.23.